The fourth-order valence-electron chi connectivity index (χ4n) is 2.97. The number of nitrogens with two attached hydrogens (primary N) is 1. The van der Waals surface area contributed by atoms with E-state index in [1.807, 2.05) is 24.6 Å². The van der Waals surface area contributed by atoms with Gasteiger partial charge in [-0.3, -0.25) is 16.0 Å². The molecule has 2 heterocycles. The zero-order valence-electron chi connectivity index (χ0n) is 11.0. The molecule has 0 amide bonds. The second-order valence-corrected chi connectivity index (χ2v) is 6.16. The molecule has 2 atom stereocenters. The van der Waals surface area contributed by atoms with E-state index in [-0.39, 0.29) is 6.04 Å². The van der Waals surface area contributed by atoms with Crippen LogP contribution in [0.25, 0.3) is 0 Å². The van der Waals surface area contributed by atoms with Crippen molar-refractivity contribution in [1.82, 2.24) is 20.4 Å². The van der Waals surface area contributed by atoms with Crippen LogP contribution < -0.4 is 11.3 Å². The van der Waals surface area contributed by atoms with Gasteiger partial charge < -0.3 is 0 Å². The van der Waals surface area contributed by atoms with Gasteiger partial charge in [-0.15, -0.1) is 16.4 Å². The van der Waals surface area contributed by atoms with E-state index in [9.17, 15) is 0 Å². The zero-order valence-corrected chi connectivity index (χ0v) is 11.9. The number of aryl methyl sites for hydroxylation is 2. The van der Waals surface area contributed by atoms with Crippen molar-refractivity contribution in [3.8, 4) is 0 Å². The summed E-state index contributed by atoms with van der Waals surface area (Å²) in [6, 6.07) is 2.48. The van der Waals surface area contributed by atoms with Crippen LogP contribution in [0.15, 0.2) is 17.6 Å². The summed E-state index contributed by atoms with van der Waals surface area (Å²) < 4.78 is 1.74. The molecule has 1 aliphatic carbocycles. The molecule has 0 bridgehead atoms. The summed E-state index contributed by atoms with van der Waals surface area (Å²) in [5.41, 5.74) is 5.46. The van der Waals surface area contributed by atoms with Crippen LogP contribution in [0.3, 0.4) is 0 Å². The minimum atomic E-state index is 0.227. The second kappa shape index (κ2) is 5.40. The van der Waals surface area contributed by atoms with Crippen molar-refractivity contribution in [2.75, 3.05) is 0 Å². The van der Waals surface area contributed by atoms with Crippen molar-refractivity contribution in [3.63, 3.8) is 0 Å². The Hall–Kier alpha value is -1.24. The number of hydrogen-bond donors (Lipinski definition) is 2. The lowest BCUT2D eigenvalue weighted by Crippen LogP contribution is -2.42. The zero-order chi connectivity index (χ0) is 13.2. The lowest BCUT2D eigenvalue weighted by Gasteiger charge is -2.29. The maximum absolute atomic E-state index is 5.78. The fourth-order valence-corrected chi connectivity index (χ4v) is 3.97. The Morgan fingerprint density at radius 1 is 1.63 bits per heavy atom. The Morgan fingerprint density at radius 3 is 3.26 bits per heavy atom. The van der Waals surface area contributed by atoms with Crippen molar-refractivity contribution >= 4 is 11.3 Å². The quantitative estimate of drug-likeness (QED) is 0.654. The van der Waals surface area contributed by atoms with E-state index < -0.39 is 0 Å². The molecule has 0 aliphatic heterocycles. The number of hydrazine groups is 1. The van der Waals surface area contributed by atoms with E-state index in [0.29, 0.717) is 5.92 Å². The summed E-state index contributed by atoms with van der Waals surface area (Å²) in [6.45, 7) is 0. The third-order valence-corrected chi connectivity index (χ3v) is 4.87. The van der Waals surface area contributed by atoms with Gasteiger partial charge in [0.25, 0.3) is 0 Å². The monoisotopic (exact) mass is 277 g/mol. The molecule has 6 heteroatoms. The summed E-state index contributed by atoms with van der Waals surface area (Å²) in [7, 11) is 1.89. The van der Waals surface area contributed by atoms with E-state index in [0.717, 1.165) is 12.1 Å². The van der Waals surface area contributed by atoms with E-state index in [1.54, 1.807) is 4.68 Å². The van der Waals surface area contributed by atoms with Crippen LogP contribution in [-0.4, -0.2) is 21.0 Å². The second-order valence-electron chi connectivity index (χ2n) is 5.16. The highest BCUT2D eigenvalue weighted by atomic mass is 32.1. The van der Waals surface area contributed by atoms with Crippen LogP contribution in [0.5, 0.6) is 0 Å². The molecule has 0 saturated heterocycles. The molecule has 19 heavy (non-hydrogen) atoms. The van der Waals surface area contributed by atoms with Gasteiger partial charge in [0.1, 0.15) is 0 Å². The first kappa shape index (κ1) is 12.8. The lowest BCUT2D eigenvalue weighted by molar-refractivity contribution is 0.395. The molecule has 2 unspecified atom stereocenters. The van der Waals surface area contributed by atoms with E-state index >= 15 is 0 Å². The molecule has 0 fully saturated rings. The van der Waals surface area contributed by atoms with E-state index in [4.69, 9.17) is 5.84 Å². The van der Waals surface area contributed by atoms with Crippen LogP contribution in [0, 0.1) is 0 Å². The fraction of sp³-hybridized carbons (Fsp3) is 0.538. The first-order chi connectivity index (χ1) is 9.28. The minimum absolute atomic E-state index is 0.227. The topological polar surface area (TPSA) is 68.8 Å². The molecule has 0 aromatic carbocycles. The van der Waals surface area contributed by atoms with Crippen molar-refractivity contribution < 1.29 is 0 Å². The minimum Gasteiger partial charge on any atom is -0.271 e. The largest absolute Gasteiger partial charge is 0.271 e. The normalized spacial score (nSPS) is 20.2. The van der Waals surface area contributed by atoms with Gasteiger partial charge in [-0.1, -0.05) is 5.21 Å². The van der Waals surface area contributed by atoms with Gasteiger partial charge in [-0.25, -0.2) is 0 Å². The molecule has 2 aromatic heterocycles. The summed E-state index contributed by atoms with van der Waals surface area (Å²) >= 11 is 1.87. The molecule has 0 saturated carbocycles. The van der Waals surface area contributed by atoms with Gasteiger partial charge in [0.05, 0.1) is 5.69 Å². The number of hydrogen-bond acceptors (Lipinski definition) is 5. The predicted octanol–water partition coefficient (Wildman–Crippen LogP) is 1.37. The van der Waals surface area contributed by atoms with Gasteiger partial charge >= 0.3 is 0 Å². The number of nitrogens with one attached hydrogen (secondary N) is 1. The maximum atomic E-state index is 5.78. The van der Waals surface area contributed by atoms with E-state index in [2.05, 4.69) is 27.2 Å². The van der Waals surface area contributed by atoms with Crippen molar-refractivity contribution in [3.05, 3.63) is 33.8 Å². The highest BCUT2D eigenvalue weighted by molar-refractivity contribution is 7.10. The molecule has 0 radical (unpaired) electrons. The molecule has 3 N–H and O–H groups in total. The Balaban J connectivity index is 1.80. The highest BCUT2D eigenvalue weighted by Gasteiger charge is 2.28. The number of fused-ring (bicyclic) bond motifs is 1. The maximum Gasteiger partial charge on any atom is 0.0843 e. The predicted molar refractivity (Wildman–Crippen MR) is 75.8 cm³/mol. The molecule has 0 spiro atoms. The molecule has 5 nitrogen and oxygen atoms in total. The number of thiophene rings is 1. The summed E-state index contributed by atoms with van der Waals surface area (Å²) in [5, 5.41) is 10.3. The third-order valence-electron chi connectivity index (χ3n) is 3.88. The first-order valence-electron chi connectivity index (χ1n) is 6.65. The van der Waals surface area contributed by atoms with Gasteiger partial charge in [0, 0.05) is 36.5 Å². The Labute approximate surface area is 116 Å². The third kappa shape index (κ3) is 2.56. The molecule has 1 aliphatic rings. The summed E-state index contributed by atoms with van der Waals surface area (Å²) in [4.78, 5) is 1.52. The molecule has 3 rings (SSSR count). The van der Waals surface area contributed by atoms with Crippen LogP contribution in [-0.2, 0) is 19.9 Å². The van der Waals surface area contributed by atoms with Crippen molar-refractivity contribution in [1.29, 1.82) is 0 Å². The van der Waals surface area contributed by atoms with Crippen molar-refractivity contribution in [2.24, 2.45) is 12.9 Å². The number of nitrogens with zero attached hydrogens (tertiary/aromatic N) is 3. The smallest absolute Gasteiger partial charge is 0.0843 e. The Bertz CT molecular complexity index is 547. The molecule has 2 aromatic rings. The molecular formula is C13H19N5S. The molecule has 102 valence electrons. The number of aromatic nitrogens is 3. The number of rotatable bonds is 4. The summed E-state index contributed by atoms with van der Waals surface area (Å²) in [5.74, 6) is 6.27. The molecular weight excluding hydrogens is 258 g/mol. The van der Waals surface area contributed by atoms with Gasteiger partial charge in [-0.05, 0) is 36.3 Å². The van der Waals surface area contributed by atoms with Gasteiger partial charge in [0.2, 0.25) is 0 Å². The lowest BCUT2D eigenvalue weighted by atomic mass is 9.81. The standard InChI is InChI=1S/C13H19N5S/c1-18-8-9(16-17-18)7-12(15-14)10-3-2-4-13-11(10)5-6-19-13/h5-6,8,10,12,15H,2-4,7,14H2,1H3. The van der Waals surface area contributed by atoms with Crippen LogP contribution in [0.1, 0.15) is 34.9 Å². The average molecular weight is 277 g/mol. The van der Waals surface area contributed by atoms with E-state index in [1.165, 1.54) is 29.7 Å². The first-order valence-corrected chi connectivity index (χ1v) is 7.53. The van der Waals surface area contributed by atoms with Crippen LogP contribution >= 0.6 is 11.3 Å². The Morgan fingerprint density at radius 2 is 2.53 bits per heavy atom. The van der Waals surface area contributed by atoms with Gasteiger partial charge in [-0.2, -0.15) is 0 Å². The van der Waals surface area contributed by atoms with Gasteiger partial charge in [0.15, 0.2) is 0 Å². The Kier molecular flexibility index (Phi) is 3.63. The van der Waals surface area contributed by atoms with Crippen LogP contribution in [0.4, 0.5) is 0 Å². The van der Waals surface area contributed by atoms with Crippen molar-refractivity contribution in [2.45, 2.75) is 37.6 Å². The average Bonchev–Trinajstić information content (AvgIpc) is 3.04. The highest BCUT2D eigenvalue weighted by Crippen LogP contribution is 2.37. The summed E-state index contributed by atoms with van der Waals surface area (Å²) in [6.07, 6.45) is 6.44. The van der Waals surface area contributed by atoms with Crippen LogP contribution in [0.2, 0.25) is 0 Å². The SMILES string of the molecule is Cn1cc(CC(NN)C2CCCc3sccc32)nn1.